The molecule has 0 aromatic carbocycles. The van der Waals surface area contributed by atoms with Gasteiger partial charge in [-0.1, -0.05) is 6.58 Å². The summed E-state index contributed by atoms with van der Waals surface area (Å²) in [4.78, 5) is 0. The standard InChI is InChI=1S/C8H12O2/c1-6-5-9-8(2,10-6)7-3-4-7/h7H,1,3-5H2,2H3. The maximum absolute atomic E-state index is 5.46. The van der Waals surface area contributed by atoms with Crippen LogP contribution in [-0.2, 0) is 9.47 Å². The van der Waals surface area contributed by atoms with Crippen LogP contribution in [0.1, 0.15) is 19.8 Å². The summed E-state index contributed by atoms with van der Waals surface area (Å²) < 4.78 is 10.9. The molecular weight excluding hydrogens is 128 g/mol. The quantitative estimate of drug-likeness (QED) is 0.551. The fourth-order valence-corrected chi connectivity index (χ4v) is 1.38. The van der Waals surface area contributed by atoms with E-state index in [9.17, 15) is 0 Å². The van der Waals surface area contributed by atoms with Gasteiger partial charge >= 0.3 is 0 Å². The van der Waals surface area contributed by atoms with Crippen molar-refractivity contribution in [1.29, 1.82) is 0 Å². The summed E-state index contributed by atoms with van der Waals surface area (Å²) in [6.07, 6.45) is 2.48. The van der Waals surface area contributed by atoms with E-state index in [0.29, 0.717) is 12.5 Å². The molecule has 2 aliphatic rings. The van der Waals surface area contributed by atoms with E-state index in [1.165, 1.54) is 12.8 Å². The average molecular weight is 140 g/mol. The van der Waals surface area contributed by atoms with Gasteiger partial charge in [0.1, 0.15) is 12.4 Å². The van der Waals surface area contributed by atoms with Crippen LogP contribution in [0, 0.1) is 5.92 Å². The van der Waals surface area contributed by atoms with Crippen LogP contribution in [-0.4, -0.2) is 12.4 Å². The first kappa shape index (κ1) is 6.23. The Hall–Kier alpha value is -0.500. The molecule has 0 spiro atoms. The molecule has 0 radical (unpaired) electrons. The van der Waals surface area contributed by atoms with E-state index >= 15 is 0 Å². The highest BCUT2D eigenvalue weighted by atomic mass is 16.7. The Balaban J connectivity index is 2.08. The molecular formula is C8H12O2. The molecule has 0 N–H and O–H groups in total. The Bertz CT molecular complexity index is 172. The molecule has 1 heterocycles. The molecule has 0 aromatic heterocycles. The lowest BCUT2D eigenvalue weighted by molar-refractivity contribution is -0.149. The largest absolute Gasteiger partial charge is 0.465 e. The first-order valence-electron chi connectivity index (χ1n) is 3.71. The van der Waals surface area contributed by atoms with E-state index in [-0.39, 0.29) is 5.79 Å². The Kier molecular flexibility index (Phi) is 1.09. The van der Waals surface area contributed by atoms with Crippen LogP contribution in [0.5, 0.6) is 0 Å². The number of ether oxygens (including phenoxy) is 2. The van der Waals surface area contributed by atoms with Gasteiger partial charge < -0.3 is 9.47 Å². The van der Waals surface area contributed by atoms with E-state index in [1.54, 1.807) is 0 Å². The number of hydrogen-bond donors (Lipinski definition) is 0. The summed E-state index contributed by atoms with van der Waals surface area (Å²) >= 11 is 0. The number of hydrogen-bond acceptors (Lipinski definition) is 2. The lowest BCUT2D eigenvalue weighted by Crippen LogP contribution is -2.27. The van der Waals surface area contributed by atoms with Crippen molar-refractivity contribution in [3.05, 3.63) is 12.3 Å². The van der Waals surface area contributed by atoms with Crippen molar-refractivity contribution in [2.24, 2.45) is 5.92 Å². The second-order valence-electron chi connectivity index (χ2n) is 3.22. The Morgan fingerprint density at radius 2 is 2.30 bits per heavy atom. The van der Waals surface area contributed by atoms with Crippen molar-refractivity contribution in [1.82, 2.24) is 0 Å². The predicted octanol–water partition coefficient (Wildman–Crippen LogP) is 1.67. The van der Waals surface area contributed by atoms with Gasteiger partial charge in [-0.2, -0.15) is 0 Å². The molecule has 0 aromatic rings. The highest BCUT2D eigenvalue weighted by molar-refractivity contribution is 4.98. The van der Waals surface area contributed by atoms with Crippen molar-refractivity contribution in [2.45, 2.75) is 25.6 Å². The first-order chi connectivity index (χ1) is 4.71. The maximum Gasteiger partial charge on any atom is 0.210 e. The molecule has 1 saturated heterocycles. The highest BCUT2D eigenvalue weighted by Crippen LogP contribution is 2.45. The second kappa shape index (κ2) is 1.76. The number of rotatable bonds is 1. The summed E-state index contributed by atoms with van der Waals surface area (Å²) in [6.45, 7) is 6.29. The van der Waals surface area contributed by atoms with Crippen LogP contribution in [0.3, 0.4) is 0 Å². The van der Waals surface area contributed by atoms with Crippen LogP contribution >= 0.6 is 0 Å². The molecule has 2 fully saturated rings. The minimum atomic E-state index is -0.322. The molecule has 1 aliphatic carbocycles. The van der Waals surface area contributed by atoms with Crippen LogP contribution in [0.25, 0.3) is 0 Å². The third-order valence-corrected chi connectivity index (χ3v) is 2.19. The smallest absolute Gasteiger partial charge is 0.210 e. The van der Waals surface area contributed by atoms with Gasteiger partial charge in [0.2, 0.25) is 5.79 Å². The summed E-state index contributed by atoms with van der Waals surface area (Å²) in [7, 11) is 0. The van der Waals surface area contributed by atoms with Gasteiger partial charge in [0.05, 0.1) is 0 Å². The Morgan fingerprint density at radius 1 is 1.60 bits per heavy atom. The molecule has 0 amide bonds. The molecule has 1 unspecified atom stereocenters. The average Bonchev–Trinajstić information content (AvgIpc) is 2.62. The molecule has 1 aliphatic heterocycles. The van der Waals surface area contributed by atoms with Crippen molar-refractivity contribution in [3.8, 4) is 0 Å². The Labute approximate surface area is 60.8 Å². The van der Waals surface area contributed by atoms with Gasteiger partial charge in [-0.15, -0.1) is 0 Å². The fraction of sp³-hybridized carbons (Fsp3) is 0.750. The molecule has 2 nitrogen and oxygen atoms in total. The third kappa shape index (κ3) is 0.833. The van der Waals surface area contributed by atoms with Crippen LogP contribution in [0.15, 0.2) is 12.3 Å². The van der Waals surface area contributed by atoms with Crippen LogP contribution < -0.4 is 0 Å². The predicted molar refractivity (Wildman–Crippen MR) is 37.3 cm³/mol. The highest BCUT2D eigenvalue weighted by Gasteiger charge is 2.47. The molecule has 2 rings (SSSR count). The Morgan fingerprint density at radius 3 is 2.70 bits per heavy atom. The minimum Gasteiger partial charge on any atom is -0.465 e. The normalized spacial score (nSPS) is 39.9. The van der Waals surface area contributed by atoms with Gasteiger partial charge in [0, 0.05) is 12.8 Å². The maximum atomic E-state index is 5.46. The summed E-state index contributed by atoms with van der Waals surface area (Å²) in [5, 5.41) is 0. The van der Waals surface area contributed by atoms with Gasteiger partial charge in [-0.05, 0) is 12.8 Å². The monoisotopic (exact) mass is 140 g/mol. The van der Waals surface area contributed by atoms with Gasteiger partial charge in [-0.3, -0.25) is 0 Å². The summed E-state index contributed by atoms with van der Waals surface area (Å²) in [5.41, 5.74) is 0. The molecule has 1 saturated carbocycles. The van der Waals surface area contributed by atoms with Crippen LogP contribution in [0.2, 0.25) is 0 Å². The minimum absolute atomic E-state index is 0.322. The van der Waals surface area contributed by atoms with Crippen molar-refractivity contribution < 1.29 is 9.47 Å². The molecule has 0 bridgehead atoms. The van der Waals surface area contributed by atoms with E-state index in [2.05, 4.69) is 6.58 Å². The van der Waals surface area contributed by atoms with Crippen LogP contribution in [0.4, 0.5) is 0 Å². The summed E-state index contributed by atoms with van der Waals surface area (Å²) in [5.74, 6) is 1.07. The van der Waals surface area contributed by atoms with Crippen molar-refractivity contribution >= 4 is 0 Å². The van der Waals surface area contributed by atoms with Gasteiger partial charge in [0.25, 0.3) is 0 Å². The van der Waals surface area contributed by atoms with Crippen molar-refractivity contribution in [2.75, 3.05) is 6.61 Å². The topological polar surface area (TPSA) is 18.5 Å². The zero-order chi connectivity index (χ0) is 7.19. The lowest BCUT2D eigenvalue weighted by Gasteiger charge is -2.21. The molecule has 1 atom stereocenters. The zero-order valence-corrected chi connectivity index (χ0v) is 6.22. The molecule has 10 heavy (non-hydrogen) atoms. The van der Waals surface area contributed by atoms with Crippen molar-refractivity contribution in [3.63, 3.8) is 0 Å². The fourth-order valence-electron chi connectivity index (χ4n) is 1.38. The van der Waals surface area contributed by atoms with E-state index in [0.717, 1.165) is 5.76 Å². The molecule has 56 valence electrons. The van der Waals surface area contributed by atoms with Gasteiger partial charge in [-0.25, -0.2) is 0 Å². The zero-order valence-electron chi connectivity index (χ0n) is 6.22. The lowest BCUT2D eigenvalue weighted by atomic mass is 10.2. The van der Waals surface area contributed by atoms with E-state index < -0.39 is 0 Å². The SMILES string of the molecule is C=C1COC(C)(C2CC2)O1. The van der Waals surface area contributed by atoms with E-state index in [4.69, 9.17) is 9.47 Å². The first-order valence-corrected chi connectivity index (χ1v) is 3.71. The third-order valence-electron chi connectivity index (χ3n) is 2.19. The summed E-state index contributed by atoms with van der Waals surface area (Å²) in [6, 6.07) is 0. The molecule has 2 heteroatoms. The van der Waals surface area contributed by atoms with E-state index in [1.807, 2.05) is 6.92 Å². The second-order valence-corrected chi connectivity index (χ2v) is 3.22. The van der Waals surface area contributed by atoms with Gasteiger partial charge in [0.15, 0.2) is 0 Å².